The molecular weight excluding hydrogens is 824 g/mol. The van der Waals surface area contributed by atoms with Crippen molar-refractivity contribution in [3.05, 3.63) is 76.9 Å². The number of rotatable bonds is 12. The first-order valence-electron chi connectivity index (χ1n) is 20.2. The third-order valence-electron chi connectivity index (χ3n) is 11.3. The standard InChI is InChI=1S/C44H48F3N9O5S/c1-25(2)34-18-33(56-42(62)55(41(60)43(56,5)6)32-8-7-29(21-49)35(19-32)44(45,46)47)9-11-37(34)61-14-13-53-22-26(3)54(27(4)23-53)24-39(58)51-31-16-28(20-48)15-30(17-31)50-36-10-12-38(57)52-40(36)59/h7-9,11,15-19,25-27,36,50H,10,12-14,22-24H2,1-6H3,(H,51,58)(H,52,57,59)/t26-,27+,36?. The number of piperidine rings is 1. The van der Waals surface area contributed by atoms with Crippen LogP contribution in [0.1, 0.15) is 82.6 Å². The molecule has 0 saturated carbocycles. The maximum Gasteiger partial charge on any atom is 0.417 e. The van der Waals surface area contributed by atoms with E-state index < -0.39 is 40.7 Å². The normalized spacial score (nSPS) is 20.8. The third-order valence-corrected chi connectivity index (χ3v) is 11.7. The fourth-order valence-corrected chi connectivity index (χ4v) is 8.73. The van der Waals surface area contributed by atoms with Crippen molar-refractivity contribution in [2.24, 2.45) is 0 Å². The highest BCUT2D eigenvalue weighted by atomic mass is 32.1. The summed E-state index contributed by atoms with van der Waals surface area (Å²) in [6, 6.07) is 16.4. The number of benzene rings is 3. The van der Waals surface area contributed by atoms with E-state index in [1.807, 2.05) is 26.0 Å². The van der Waals surface area contributed by atoms with E-state index in [2.05, 4.69) is 45.7 Å². The molecule has 3 aromatic rings. The zero-order valence-corrected chi connectivity index (χ0v) is 36.0. The first kappa shape index (κ1) is 45.4. The molecular formula is C44H48F3N9O5S. The summed E-state index contributed by atoms with van der Waals surface area (Å²) in [7, 11) is 0. The van der Waals surface area contributed by atoms with Gasteiger partial charge in [0, 0.05) is 55.2 Å². The van der Waals surface area contributed by atoms with Crippen molar-refractivity contribution in [2.45, 2.75) is 90.1 Å². The number of amides is 4. The highest BCUT2D eigenvalue weighted by Gasteiger charge is 2.51. The van der Waals surface area contributed by atoms with Crippen LogP contribution in [-0.2, 0) is 25.4 Å². The van der Waals surface area contributed by atoms with E-state index >= 15 is 0 Å². The molecule has 326 valence electrons. The lowest BCUT2D eigenvalue weighted by Gasteiger charge is -2.44. The van der Waals surface area contributed by atoms with E-state index in [9.17, 15) is 42.9 Å². The number of hydrogen-bond acceptors (Lipinski definition) is 11. The average Bonchev–Trinajstić information content (AvgIpc) is 3.38. The number of nitriles is 2. The molecule has 0 aliphatic carbocycles. The summed E-state index contributed by atoms with van der Waals surface area (Å²) in [6.07, 6.45) is -4.30. The number of nitrogens with one attached hydrogen (secondary N) is 3. The maximum absolute atomic E-state index is 13.8. The van der Waals surface area contributed by atoms with Crippen LogP contribution in [0, 0.1) is 22.7 Å². The summed E-state index contributed by atoms with van der Waals surface area (Å²) in [6.45, 7) is 13.9. The van der Waals surface area contributed by atoms with Gasteiger partial charge in [0.1, 0.15) is 23.9 Å². The zero-order valence-electron chi connectivity index (χ0n) is 35.2. The molecule has 3 saturated heterocycles. The number of thiocarbonyl (C=S) groups is 1. The number of ether oxygens (including phenoxy) is 1. The van der Waals surface area contributed by atoms with Crippen LogP contribution in [0.3, 0.4) is 0 Å². The molecule has 0 spiro atoms. The number of carbonyl (C=O) groups is 4. The van der Waals surface area contributed by atoms with Crippen LogP contribution >= 0.6 is 12.2 Å². The summed E-state index contributed by atoms with van der Waals surface area (Å²) in [4.78, 5) is 58.0. The van der Waals surface area contributed by atoms with Crippen molar-refractivity contribution in [3.63, 3.8) is 0 Å². The summed E-state index contributed by atoms with van der Waals surface area (Å²) < 4.78 is 47.9. The first-order chi connectivity index (χ1) is 29.2. The van der Waals surface area contributed by atoms with Gasteiger partial charge >= 0.3 is 6.18 Å². The minimum absolute atomic E-state index is 0.00254. The molecule has 3 aliphatic rings. The lowest BCUT2D eigenvalue weighted by atomic mass is 9.98. The second-order valence-electron chi connectivity index (χ2n) is 16.6. The van der Waals surface area contributed by atoms with Gasteiger partial charge in [-0.1, -0.05) is 13.8 Å². The Kier molecular flexibility index (Phi) is 13.3. The number of hydrogen-bond donors (Lipinski definition) is 3. The molecule has 3 N–H and O–H groups in total. The van der Waals surface area contributed by atoms with Crippen molar-refractivity contribution in [3.8, 4) is 17.9 Å². The van der Waals surface area contributed by atoms with Crippen molar-refractivity contribution in [2.75, 3.05) is 53.2 Å². The molecule has 3 aromatic carbocycles. The first-order valence-corrected chi connectivity index (χ1v) is 20.6. The Morgan fingerprint density at radius 2 is 1.66 bits per heavy atom. The maximum atomic E-state index is 13.8. The van der Waals surface area contributed by atoms with Crippen LogP contribution in [0.2, 0.25) is 0 Å². The largest absolute Gasteiger partial charge is 0.492 e. The van der Waals surface area contributed by atoms with Crippen LogP contribution in [0.25, 0.3) is 0 Å². The molecule has 0 aromatic heterocycles. The van der Waals surface area contributed by atoms with Gasteiger partial charge in [-0.05, 0) is 112 Å². The van der Waals surface area contributed by atoms with Gasteiger partial charge in [-0.3, -0.25) is 39.2 Å². The molecule has 0 bridgehead atoms. The number of nitrogens with zero attached hydrogens (tertiary/aromatic N) is 6. The summed E-state index contributed by atoms with van der Waals surface area (Å²) in [5, 5.41) is 27.1. The number of piperazine rings is 1. The lowest BCUT2D eigenvalue weighted by molar-refractivity contribution is -0.138. The highest BCUT2D eigenvalue weighted by molar-refractivity contribution is 7.81. The SMILES string of the molecule is CC(C)c1cc(N2C(=S)N(c3ccc(C#N)c(C(F)(F)F)c3)C(=O)C2(C)C)ccc1OCCN1C[C@@H](C)N(CC(=O)Nc2cc(C#N)cc(NC3CCC(=O)NC3=O)c2)[C@@H](C)C1. The molecule has 4 amide bonds. The Morgan fingerprint density at radius 1 is 0.984 bits per heavy atom. The van der Waals surface area contributed by atoms with E-state index in [1.54, 1.807) is 49.1 Å². The van der Waals surface area contributed by atoms with Gasteiger partial charge in [-0.15, -0.1) is 0 Å². The van der Waals surface area contributed by atoms with Crippen LogP contribution in [0.4, 0.5) is 35.9 Å². The molecule has 6 rings (SSSR count). The van der Waals surface area contributed by atoms with E-state index in [0.717, 1.165) is 22.6 Å². The number of anilines is 4. The predicted molar refractivity (Wildman–Crippen MR) is 230 cm³/mol. The predicted octanol–water partition coefficient (Wildman–Crippen LogP) is 6.12. The minimum Gasteiger partial charge on any atom is -0.492 e. The number of imide groups is 1. The van der Waals surface area contributed by atoms with Crippen LogP contribution in [0.15, 0.2) is 54.6 Å². The van der Waals surface area contributed by atoms with Gasteiger partial charge in [0.05, 0.1) is 41.1 Å². The van der Waals surface area contributed by atoms with Crippen molar-refractivity contribution in [1.29, 1.82) is 10.5 Å². The highest BCUT2D eigenvalue weighted by Crippen LogP contribution is 2.41. The molecule has 14 nitrogen and oxygen atoms in total. The van der Waals surface area contributed by atoms with Crippen LogP contribution in [-0.4, -0.2) is 95.0 Å². The Hall–Kier alpha value is -6.08. The van der Waals surface area contributed by atoms with Gasteiger partial charge in [0.2, 0.25) is 17.7 Å². The minimum atomic E-state index is -4.81. The van der Waals surface area contributed by atoms with Crippen molar-refractivity contribution >= 4 is 63.7 Å². The zero-order chi connectivity index (χ0) is 45.3. The lowest BCUT2D eigenvalue weighted by Crippen LogP contribution is -2.58. The van der Waals surface area contributed by atoms with Gasteiger partial charge in [0.15, 0.2) is 5.11 Å². The van der Waals surface area contributed by atoms with Crippen LogP contribution in [0.5, 0.6) is 5.75 Å². The Morgan fingerprint density at radius 3 is 2.29 bits per heavy atom. The van der Waals surface area contributed by atoms with Crippen molar-refractivity contribution < 1.29 is 37.1 Å². The van der Waals surface area contributed by atoms with E-state index in [-0.39, 0.29) is 53.6 Å². The monoisotopic (exact) mass is 871 g/mol. The molecule has 3 fully saturated rings. The second-order valence-corrected chi connectivity index (χ2v) is 17.0. The Labute approximate surface area is 363 Å². The second kappa shape index (κ2) is 18.1. The molecule has 3 heterocycles. The fourth-order valence-electron chi connectivity index (χ4n) is 8.21. The number of alkyl halides is 3. The number of halogens is 3. The summed E-state index contributed by atoms with van der Waals surface area (Å²) in [5.41, 5.74) is -0.453. The molecule has 1 unspecified atom stereocenters. The quantitative estimate of drug-likeness (QED) is 0.141. The fraction of sp³-hybridized carbons (Fsp3) is 0.432. The van der Waals surface area contributed by atoms with E-state index in [0.29, 0.717) is 61.0 Å². The topological polar surface area (TPSA) is 174 Å². The Balaban J connectivity index is 1.06. The van der Waals surface area contributed by atoms with Crippen LogP contribution < -0.4 is 30.5 Å². The molecule has 62 heavy (non-hydrogen) atoms. The third kappa shape index (κ3) is 9.68. The molecule has 0 radical (unpaired) electrons. The smallest absolute Gasteiger partial charge is 0.417 e. The van der Waals surface area contributed by atoms with Gasteiger partial charge in [-0.2, -0.15) is 23.7 Å². The van der Waals surface area contributed by atoms with E-state index in [1.165, 1.54) is 6.07 Å². The van der Waals surface area contributed by atoms with E-state index in [4.69, 9.17) is 17.0 Å². The Bertz CT molecular complexity index is 2360. The van der Waals surface area contributed by atoms with Gasteiger partial charge in [-0.25, -0.2) is 0 Å². The molecule has 3 aliphatic heterocycles. The number of carbonyl (C=O) groups excluding carboxylic acids is 4. The summed E-state index contributed by atoms with van der Waals surface area (Å²) in [5.74, 6) is -0.916. The van der Waals surface area contributed by atoms with Crippen molar-refractivity contribution in [1.82, 2.24) is 15.1 Å². The summed E-state index contributed by atoms with van der Waals surface area (Å²) >= 11 is 5.75. The molecule has 3 atom stereocenters. The van der Waals surface area contributed by atoms with Gasteiger partial charge < -0.3 is 20.3 Å². The average molecular weight is 872 g/mol. The van der Waals surface area contributed by atoms with Gasteiger partial charge in [0.25, 0.3) is 5.91 Å². The molecule has 18 heteroatoms.